The lowest BCUT2D eigenvalue weighted by Crippen LogP contribution is -2.45. The molecular formula is C59H105NO3. The summed E-state index contributed by atoms with van der Waals surface area (Å²) in [5, 5.41) is 23.1. The first kappa shape index (κ1) is 60.6. The molecule has 2 unspecified atom stereocenters. The Kier molecular flexibility index (Phi) is 51.8. The zero-order valence-corrected chi connectivity index (χ0v) is 41.8. The summed E-state index contributed by atoms with van der Waals surface area (Å²) >= 11 is 0. The fraction of sp³-hybridized carbons (Fsp3) is 0.746. The Morgan fingerprint density at radius 1 is 0.397 bits per heavy atom. The van der Waals surface area contributed by atoms with Gasteiger partial charge in [-0.2, -0.15) is 0 Å². The highest BCUT2D eigenvalue weighted by Crippen LogP contribution is 2.16. The molecular weight excluding hydrogens is 771 g/mol. The second-order valence-electron chi connectivity index (χ2n) is 18.3. The van der Waals surface area contributed by atoms with Crippen LogP contribution in [0.5, 0.6) is 0 Å². The number of aliphatic hydroxyl groups excluding tert-OH is 2. The Labute approximate surface area is 392 Å². The van der Waals surface area contributed by atoms with Crippen molar-refractivity contribution in [3.05, 3.63) is 85.1 Å². The number of hydrogen-bond donors (Lipinski definition) is 3. The largest absolute Gasteiger partial charge is 0.394 e. The molecule has 3 N–H and O–H groups in total. The zero-order chi connectivity index (χ0) is 45.6. The maximum absolute atomic E-state index is 12.5. The van der Waals surface area contributed by atoms with Crippen LogP contribution in [0.2, 0.25) is 0 Å². The number of rotatable bonds is 49. The molecule has 4 heteroatoms. The Morgan fingerprint density at radius 3 is 1.05 bits per heavy atom. The number of amides is 1. The molecule has 0 bridgehead atoms. The maximum atomic E-state index is 12.5. The van der Waals surface area contributed by atoms with Gasteiger partial charge in [0.2, 0.25) is 5.91 Å². The van der Waals surface area contributed by atoms with Crippen LogP contribution in [0.25, 0.3) is 0 Å². The van der Waals surface area contributed by atoms with Gasteiger partial charge < -0.3 is 15.5 Å². The summed E-state index contributed by atoms with van der Waals surface area (Å²) in [6.45, 7) is 4.20. The molecule has 0 aromatic rings. The first-order chi connectivity index (χ1) is 31.2. The minimum atomic E-state index is -0.857. The molecule has 1 amide bonds. The second-order valence-corrected chi connectivity index (χ2v) is 18.3. The smallest absolute Gasteiger partial charge is 0.220 e. The van der Waals surface area contributed by atoms with Gasteiger partial charge >= 0.3 is 0 Å². The third-order valence-electron chi connectivity index (χ3n) is 12.1. The predicted octanol–water partition coefficient (Wildman–Crippen LogP) is 18.0. The lowest BCUT2D eigenvalue weighted by Gasteiger charge is -2.20. The highest BCUT2D eigenvalue weighted by molar-refractivity contribution is 5.76. The fourth-order valence-corrected chi connectivity index (χ4v) is 8.01. The third kappa shape index (κ3) is 50.4. The zero-order valence-electron chi connectivity index (χ0n) is 41.8. The van der Waals surface area contributed by atoms with Gasteiger partial charge in [-0.25, -0.2) is 0 Å². The van der Waals surface area contributed by atoms with Gasteiger partial charge in [0.1, 0.15) is 0 Å². The molecule has 0 aliphatic rings. The minimum Gasteiger partial charge on any atom is -0.394 e. The monoisotopic (exact) mass is 876 g/mol. The van der Waals surface area contributed by atoms with Gasteiger partial charge in [0.15, 0.2) is 0 Å². The van der Waals surface area contributed by atoms with Crippen molar-refractivity contribution in [2.45, 2.75) is 276 Å². The molecule has 0 fully saturated rings. The molecule has 0 aromatic heterocycles. The van der Waals surface area contributed by atoms with Crippen LogP contribution in [-0.2, 0) is 4.79 Å². The van der Waals surface area contributed by atoms with Crippen LogP contribution >= 0.6 is 0 Å². The highest BCUT2D eigenvalue weighted by Gasteiger charge is 2.18. The molecule has 0 aliphatic heterocycles. The van der Waals surface area contributed by atoms with Gasteiger partial charge in [-0.15, -0.1) is 0 Å². The first-order valence-electron chi connectivity index (χ1n) is 27.3. The van der Waals surface area contributed by atoms with Crippen LogP contribution in [0.1, 0.15) is 264 Å². The Morgan fingerprint density at radius 2 is 0.698 bits per heavy atom. The standard InChI is InChI=1S/C59H105NO3/c1-3-5-7-9-11-13-15-17-19-21-23-25-27-28-29-30-31-33-34-36-38-40-42-44-46-48-50-52-54-58(62)57(56-61)60-59(63)55-53-51-49-47-45-43-41-39-37-35-32-26-24-22-20-18-16-14-12-10-8-6-4-2/h6,8,12,14,18,20,24,26,35,37,41,43,52,54,57-58,61-62H,3-5,7,9-11,13,15-17,19,21-23,25,27-34,36,38-40,42,44-51,53,55-56H2,1-2H3,(H,60,63)/b8-6-,14-12-,20-18-,26-24-,37-35-,43-41-,54-52+. The van der Waals surface area contributed by atoms with Crippen LogP contribution in [0, 0.1) is 0 Å². The van der Waals surface area contributed by atoms with Crippen LogP contribution in [0.15, 0.2) is 85.1 Å². The number of nitrogens with one attached hydrogen (secondary N) is 1. The van der Waals surface area contributed by atoms with Gasteiger partial charge in [-0.3, -0.25) is 4.79 Å². The molecule has 2 atom stereocenters. The van der Waals surface area contributed by atoms with Gasteiger partial charge in [0, 0.05) is 6.42 Å². The fourth-order valence-electron chi connectivity index (χ4n) is 8.01. The molecule has 0 aliphatic carbocycles. The van der Waals surface area contributed by atoms with Crippen molar-refractivity contribution in [3.8, 4) is 0 Å². The van der Waals surface area contributed by atoms with Gasteiger partial charge in [-0.1, -0.05) is 272 Å². The molecule has 0 radical (unpaired) electrons. The van der Waals surface area contributed by atoms with E-state index in [4.69, 9.17) is 0 Å². The average Bonchev–Trinajstić information content (AvgIpc) is 3.29. The number of aliphatic hydroxyl groups is 2. The van der Waals surface area contributed by atoms with Crippen molar-refractivity contribution in [2.75, 3.05) is 6.61 Å². The summed E-state index contributed by atoms with van der Waals surface area (Å²) in [4.78, 5) is 12.5. The Balaban J connectivity index is 3.58. The lowest BCUT2D eigenvalue weighted by molar-refractivity contribution is -0.123. The quantitative estimate of drug-likeness (QED) is 0.0421. The third-order valence-corrected chi connectivity index (χ3v) is 12.1. The van der Waals surface area contributed by atoms with Crippen LogP contribution < -0.4 is 5.32 Å². The highest BCUT2D eigenvalue weighted by atomic mass is 16.3. The van der Waals surface area contributed by atoms with E-state index in [1.807, 2.05) is 6.08 Å². The molecule has 4 nitrogen and oxygen atoms in total. The van der Waals surface area contributed by atoms with Crippen molar-refractivity contribution < 1.29 is 15.0 Å². The van der Waals surface area contributed by atoms with Gasteiger partial charge in [0.05, 0.1) is 18.8 Å². The molecule has 0 saturated heterocycles. The van der Waals surface area contributed by atoms with E-state index in [9.17, 15) is 15.0 Å². The van der Waals surface area contributed by atoms with Gasteiger partial charge in [-0.05, 0) is 70.6 Å². The van der Waals surface area contributed by atoms with E-state index in [1.165, 1.54) is 161 Å². The summed E-state index contributed by atoms with van der Waals surface area (Å²) in [7, 11) is 0. The molecule has 0 spiro atoms. The summed E-state index contributed by atoms with van der Waals surface area (Å²) in [6.07, 6.45) is 78.8. The molecule has 364 valence electrons. The van der Waals surface area contributed by atoms with Crippen molar-refractivity contribution >= 4 is 5.91 Å². The number of unbranched alkanes of at least 4 members (excludes halogenated alkanes) is 30. The van der Waals surface area contributed by atoms with Crippen LogP contribution in [-0.4, -0.2) is 34.9 Å². The summed E-state index contributed by atoms with van der Waals surface area (Å²) in [5.74, 6) is -0.0890. The molecule has 63 heavy (non-hydrogen) atoms. The van der Waals surface area contributed by atoms with E-state index in [0.717, 1.165) is 83.5 Å². The predicted molar refractivity (Wildman–Crippen MR) is 280 cm³/mol. The summed E-state index contributed by atoms with van der Waals surface area (Å²) < 4.78 is 0. The summed E-state index contributed by atoms with van der Waals surface area (Å²) in [5.41, 5.74) is 0. The molecule has 0 saturated carbocycles. The summed E-state index contributed by atoms with van der Waals surface area (Å²) in [6, 6.07) is -0.643. The average molecular weight is 876 g/mol. The van der Waals surface area contributed by atoms with E-state index in [1.54, 1.807) is 6.08 Å². The van der Waals surface area contributed by atoms with Crippen molar-refractivity contribution in [1.29, 1.82) is 0 Å². The van der Waals surface area contributed by atoms with Crippen LogP contribution in [0.3, 0.4) is 0 Å². The minimum absolute atomic E-state index is 0.0890. The Hall–Kier alpha value is -2.43. The van der Waals surface area contributed by atoms with Crippen molar-refractivity contribution in [2.24, 2.45) is 0 Å². The molecule has 0 aromatic carbocycles. The number of carbonyl (C=O) groups is 1. The lowest BCUT2D eigenvalue weighted by atomic mass is 10.0. The Bertz CT molecular complexity index is 1130. The normalized spacial score (nSPS) is 13.5. The second kappa shape index (κ2) is 53.9. The topological polar surface area (TPSA) is 69.6 Å². The number of allylic oxidation sites excluding steroid dienone is 13. The van der Waals surface area contributed by atoms with E-state index < -0.39 is 12.1 Å². The van der Waals surface area contributed by atoms with Crippen molar-refractivity contribution in [3.63, 3.8) is 0 Å². The molecule has 0 heterocycles. The van der Waals surface area contributed by atoms with Crippen LogP contribution in [0.4, 0.5) is 0 Å². The van der Waals surface area contributed by atoms with E-state index >= 15 is 0 Å². The maximum Gasteiger partial charge on any atom is 0.220 e. The SMILES string of the molecule is CC/C=C\C/C=C\C/C=C\C/C=C\C/C=C\C/C=C\CCCCCCC(=O)NC(CO)C(O)/C=C/CCCCCCCCCCCCCCCCCCCCCCCCCCCC. The van der Waals surface area contributed by atoms with E-state index in [0.29, 0.717) is 6.42 Å². The number of hydrogen-bond acceptors (Lipinski definition) is 3. The molecule has 0 rings (SSSR count). The van der Waals surface area contributed by atoms with E-state index in [-0.39, 0.29) is 12.5 Å². The van der Waals surface area contributed by atoms with E-state index in [2.05, 4.69) is 92.1 Å². The number of carbonyl (C=O) groups excluding carboxylic acids is 1. The first-order valence-corrected chi connectivity index (χ1v) is 27.3. The van der Waals surface area contributed by atoms with Crippen molar-refractivity contribution in [1.82, 2.24) is 5.32 Å². The van der Waals surface area contributed by atoms with Gasteiger partial charge in [0.25, 0.3) is 0 Å².